The highest BCUT2D eigenvalue weighted by molar-refractivity contribution is 9.10. The van der Waals surface area contributed by atoms with Gasteiger partial charge in [-0.2, -0.15) is 0 Å². The monoisotopic (exact) mass is 468 g/mol. The van der Waals surface area contributed by atoms with Gasteiger partial charge in [-0.05, 0) is 63.6 Å². The number of benzene rings is 2. The van der Waals surface area contributed by atoms with Crippen LogP contribution in [-0.4, -0.2) is 24.7 Å². The van der Waals surface area contributed by atoms with E-state index in [1.807, 2.05) is 58.0 Å². The molecule has 2 N–H and O–H groups in total. The Morgan fingerprint density at radius 3 is 2.36 bits per heavy atom. The van der Waals surface area contributed by atoms with E-state index in [9.17, 15) is 4.79 Å². The molecule has 1 amide bonds. The first kappa shape index (κ1) is 22.4. The van der Waals surface area contributed by atoms with Crippen LogP contribution in [0.3, 0.4) is 0 Å². The molecule has 0 saturated heterocycles. The van der Waals surface area contributed by atoms with Crippen molar-refractivity contribution in [2.75, 3.05) is 18.5 Å². The van der Waals surface area contributed by atoms with Gasteiger partial charge in [0.25, 0.3) is 5.91 Å². The maximum atomic E-state index is 12.0. The average molecular weight is 470 g/mol. The Labute approximate surface area is 179 Å². The molecule has 0 fully saturated rings. The smallest absolute Gasteiger partial charge is 0.258 e. The van der Waals surface area contributed by atoms with Crippen molar-refractivity contribution in [2.24, 2.45) is 0 Å². The highest BCUT2D eigenvalue weighted by atomic mass is 79.9. The summed E-state index contributed by atoms with van der Waals surface area (Å²) >= 11 is 9.85. The summed E-state index contributed by atoms with van der Waals surface area (Å²) in [6.45, 7) is 8.55. The molecule has 28 heavy (non-hydrogen) atoms. The molecular formula is C21H26BrClN2O3. The van der Waals surface area contributed by atoms with Crippen molar-refractivity contribution in [3.63, 3.8) is 0 Å². The zero-order valence-corrected chi connectivity index (χ0v) is 18.9. The number of carbonyl (C=O) groups is 1. The lowest BCUT2D eigenvalue weighted by molar-refractivity contribution is -0.124. The third-order valence-corrected chi connectivity index (χ3v) is 4.49. The molecule has 0 unspecified atom stereocenters. The fraction of sp³-hybridized carbons (Fsp3) is 0.381. The van der Waals surface area contributed by atoms with Gasteiger partial charge in [0.2, 0.25) is 0 Å². The van der Waals surface area contributed by atoms with Gasteiger partial charge in [0.05, 0.1) is 6.61 Å². The molecule has 2 rings (SSSR count). The predicted octanol–water partition coefficient (Wildman–Crippen LogP) is 5.41. The van der Waals surface area contributed by atoms with Crippen LogP contribution in [0.15, 0.2) is 40.9 Å². The quantitative estimate of drug-likeness (QED) is 0.543. The van der Waals surface area contributed by atoms with E-state index >= 15 is 0 Å². The minimum absolute atomic E-state index is 0.107. The summed E-state index contributed by atoms with van der Waals surface area (Å²) in [5.41, 5.74) is 1.54. The molecule has 5 nitrogen and oxygen atoms in total. The second kappa shape index (κ2) is 10.0. The lowest BCUT2D eigenvalue weighted by Crippen LogP contribution is -2.43. The van der Waals surface area contributed by atoms with E-state index in [1.165, 1.54) is 0 Å². The third kappa shape index (κ3) is 7.24. The summed E-state index contributed by atoms with van der Waals surface area (Å²) in [5, 5.41) is 6.73. The number of ether oxygens (including phenoxy) is 2. The van der Waals surface area contributed by atoms with Crippen molar-refractivity contribution >= 4 is 39.1 Å². The Bertz CT molecular complexity index is 805. The van der Waals surface area contributed by atoms with Crippen LogP contribution < -0.4 is 20.1 Å². The van der Waals surface area contributed by atoms with Crippen LogP contribution in [0.1, 0.15) is 33.3 Å². The Morgan fingerprint density at radius 2 is 1.75 bits per heavy atom. The lowest BCUT2D eigenvalue weighted by Gasteiger charge is -2.21. The molecule has 0 aromatic heterocycles. The zero-order chi connectivity index (χ0) is 20.7. The van der Waals surface area contributed by atoms with Gasteiger partial charge >= 0.3 is 0 Å². The van der Waals surface area contributed by atoms with E-state index in [4.69, 9.17) is 21.1 Å². The summed E-state index contributed by atoms with van der Waals surface area (Å²) in [6, 6.07) is 11.4. The summed E-state index contributed by atoms with van der Waals surface area (Å²) in [5.74, 6) is 0.804. The summed E-state index contributed by atoms with van der Waals surface area (Å²) < 4.78 is 12.4. The highest BCUT2D eigenvalue weighted by Gasteiger charge is 2.16. The number of amides is 1. The maximum absolute atomic E-state index is 12.0. The number of carbonyl (C=O) groups excluding carboxylic acids is 1. The van der Waals surface area contributed by atoms with E-state index in [0.29, 0.717) is 29.7 Å². The molecule has 0 heterocycles. The van der Waals surface area contributed by atoms with Gasteiger partial charge < -0.3 is 20.1 Å². The van der Waals surface area contributed by atoms with Crippen LogP contribution in [0.5, 0.6) is 11.5 Å². The van der Waals surface area contributed by atoms with Crippen molar-refractivity contribution in [1.29, 1.82) is 0 Å². The second-order valence-corrected chi connectivity index (χ2v) is 8.59. The van der Waals surface area contributed by atoms with Crippen molar-refractivity contribution in [1.82, 2.24) is 5.32 Å². The van der Waals surface area contributed by atoms with Crippen molar-refractivity contribution in [3.8, 4) is 11.5 Å². The Balaban J connectivity index is 2.09. The largest absolute Gasteiger partial charge is 0.490 e. The zero-order valence-electron chi connectivity index (χ0n) is 16.6. The molecule has 7 heteroatoms. The van der Waals surface area contributed by atoms with Crippen molar-refractivity contribution < 1.29 is 14.3 Å². The summed E-state index contributed by atoms with van der Waals surface area (Å²) in [7, 11) is 0. The molecule has 0 saturated carbocycles. The number of hydrogen-bond acceptors (Lipinski definition) is 4. The van der Waals surface area contributed by atoms with E-state index in [2.05, 4.69) is 26.6 Å². The van der Waals surface area contributed by atoms with Gasteiger partial charge in [-0.1, -0.05) is 27.5 Å². The predicted molar refractivity (Wildman–Crippen MR) is 117 cm³/mol. The minimum Gasteiger partial charge on any atom is -0.490 e. The van der Waals surface area contributed by atoms with Gasteiger partial charge in [-0.3, -0.25) is 4.79 Å². The minimum atomic E-state index is -0.316. The second-order valence-electron chi connectivity index (χ2n) is 7.27. The molecule has 0 bridgehead atoms. The van der Waals surface area contributed by atoms with Crippen LogP contribution in [0, 0.1) is 0 Å². The van der Waals surface area contributed by atoms with Gasteiger partial charge in [0.15, 0.2) is 18.1 Å². The van der Waals surface area contributed by atoms with E-state index in [-0.39, 0.29) is 18.1 Å². The first-order chi connectivity index (χ1) is 13.2. The number of hydrogen-bond donors (Lipinski definition) is 2. The van der Waals surface area contributed by atoms with E-state index in [0.717, 1.165) is 15.7 Å². The highest BCUT2D eigenvalue weighted by Crippen LogP contribution is 2.34. The number of halogens is 2. The van der Waals surface area contributed by atoms with Crippen LogP contribution in [-0.2, 0) is 11.3 Å². The van der Waals surface area contributed by atoms with Gasteiger partial charge in [-0.15, -0.1) is 0 Å². The molecule has 2 aromatic rings. The molecule has 0 spiro atoms. The van der Waals surface area contributed by atoms with Crippen molar-refractivity contribution in [2.45, 2.75) is 39.8 Å². The van der Waals surface area contributed by atoms with Crippen LogP contribution in [0.2, 0.25) is 5.02 Å². The van der Waals surface area contributed by atoms with Crippen LogP contribution in [0.4, 0.5) is 5.69 Å². The Morgan fingerprint density at radius 1 is 1.11 bits per heavy atom. The maximum Gasteiger partial charge on any atom is 0.258 e. The average Bonchev–Trinajstić information content (AvgIpc) is 2.60. The van der Waals surface area contributed by atoms with Gasteiger partial charge in [-0.25, -0.2) is 0 Å². The Kier molecular flexibility index (Phi) is 8.01. The lowest BCUT2D eigenvalue weighted by atomic mass is 10.1. The molecule has 0 aliphatic heterocycles. The fourth-order valence-corrected chi connectivity index (χ4v) is 2.94. The number of rotatable bonds is 8. The van der Waals surface area contributed by atoms with Gasteiger partial charge in [0, 0.05) is 33.3 Å². The molecular weight excluding hydrogens is 444 g/mol. The molecule has 0 atom stereocenters. The standard InChI is InChI=1S/C21H26BrClN2O3/c1-5-27-18-10-14(12-24-16-8-6-15(22)7-9-16)17(23)11-19(18)28-13-20(26)25-21(2,3)4/h6-11,24H,5,12-13H2,1-4H3,(H,25,26). The normalized spacial score (nSPS) is 11.1. The third-order valence-electron chi connectivity index (χ3n) is 3.61. The fourth-order valence-electron chi connectivity index (χ4n) is 2.46. The summed E-state index contributed by atoms with van der Waals surface area (Å²) in [4.78, 5) is 12.0. The molecule has 0 aliphatic carbocycles. The Hall–Kier alpha value is -1.92. The molecule has 0 radical (unpaired) electrons. The topological polar surface area (TPSA) is 59.6 Å². The van der Waals surface area contributed by atoms with Crippen LogP contribution >= 0.6 is 27.5 Å². The number of nitrogens with one attached hydrogen (secondary N) is 2. The molecule has 0 aliphatic rings. The molecule has 2 aromatic carbocycles. The van der Waals surface area contributed by atoms with E-state index < -0.39 is 0 Å². The SMILES string of the molecule is CCOc1cc(CNc2ccc(Br)cc2)c(Cl)cc1OCC(=O)NC(C)(C)C. The number of anilines is 1. The first-order valence-corrected chi connectivity index (χ1v) is 10.2. The first-order valence-electron chi connectivity index (χ1n) is 9.06. The summed E-state index contributed by atoms with van der Waals surface area (Å²) in [6.07, 6.45) is 0. The van der Waals surface area contributed by atoms with Crippen LogP contribution in [0.25, 0.3) is 0 Å². The molecule has 152 valence electrons. The van der Waals surface area contributed by atoms with E-state index in [1.54, 1.807) is 6.07 Å². The van der Waals surface area contributed by atoms with Gasteiger partial charge in [0.1, 0.15) is 0 Å². The van der Waals surface area contributed by atoms with Crippen molar-refractivity contribution in [3.05, 3.63) is 51.5 Å².